The molecule has 2 aromatic rings. The Morgan fingerprint density at radius 1 is 1.07 bits per heavy atom. The smallest absolute Gasteiger partial charge is 0.171 e. The van der Waals surface area contributed by atoms with Gasteiger partial charge in [0.1, 0.15) is 12.4 Å². The minimum Gasteiger partial charge on any atom is -0.489 e. The first-order valence-electron chi connectivity index (χ1n) is 9.22. The number of rotatable bonds is 4. The van der Waals surface area contributed by atoms with Gasteiger partial charge in [-0.1, -0.05) is 42.0 Å². The fourth-order valence-electron chi connectivity index (χ4n) is 3.56. The molecule has 5 heteroatoms. The van der Waals surface area contributed by atoms with E-state index in [2.05, 4.69) is 41.8 Å². The predicted octanol–water partition coefficient (Wildman–Crippen LogP) is 4.10. The first-order chi connectivity index (χ1) is 13.1. The summed E-state index contributed by atoms with van der Waals surface area (Å²) in [4.78, 5) is 12.5. The second kappa shape index (κ2) is 7.53. The molecule has 1 aliphatic carbocycles. The van der Waals surface area contributed by atoms with Crippen molar-refractivity contribution in [3.63, 3.8) is 0 Å². The van der Waals surface area contributed by atoms with Gasteiger partial charge in [0.25, 0.3) is 0 Å². The van der Waals surface area contributed by atoms with Gasteiger partial charge in [0, 0.05) is 17.7 Å². The third-order valence-corrected chi connectivity index (χ3v) is 5.24. The highest BCUT2D eigenvalue weighted by molar-refractivity contribution is 7.80. The number of aryl methyl sites for hydroxylation is 1. The number of thiocarbonyl (C=S) groups is 1. The van der Waals surface area contributed by atoms with E-state index in [1.807, 2.05) is 24.3 Å². The zero-order valence-electron chi connectivity index (χ0n) is 15.2. The standard InChI is InChI=1S/C22H22N2O2S/c1-14-5-7-15(8-6-14)13-26-17-11-9-16(10-12-17)21-20-18(23-22(27)24-21)3-2-4-19(20)25/h5-12,21H,2-4,13H2,1H3,(H2,23,24,27). The lowest BCUT2D eigenvalue weighted by Crippen LogP contribution is -2.46. The summed E-state index contributed by atoms with van der Waals surface area (Å²) in [7, 11) is 0. The van der Waals surface area contributed by atoms with E-state index in [4.69, 9.17) is 17.0 Å². The van der Waals surface area contributed by atoms with E-state index in [-0.39, 0.29) is 11.8 Å². The predicted molar refractivity (Wildman–Crippen MR) is 109 cm³/mol. The van der Waals surface area contributed by atoms with Gasteiger partial charge in [-0.05, 0) is 55.2 Å². The minimum absolute atomic E-state index is 0.187. The summed E-state index contributed by atoms with van der Waals surface area (Å²) < 4.78 is 5.89. The van der Waals surface area contributed by atoms with Crippen molar-refractivity contribution < 1.29 is 9.53 Å². The van der Waals surface area contributed by atoms with Gasteiger partial charge in [0.05, 0.1) is 6.04 Å². The largest absolute Gasteiger partial charge is 0.489 e. The number of nitrogens with one attached hydrogen (secondary N) is 2. The molecule has 2 N–H and O–H groups in total. The molecule has 0 fully saturated rings. The summed E-state index contributed by atoms with van der Waals surface area (Å²) in [6.07, 6.45) is 2.35. The molecule has 4 rings (SSSR count). The molecule has 1 heterocycles. The molecule has 27 heavy (non-hydrogen) atoms. The normalized spacial score (nSPS) is 19.2. The van der Waals surface area contributed by atoms with Gasteiger partial charge in [-0.25, -0.2) is 0 Å². The topological polar surface area (TPSA) is 50.4 Å². The maximum atomic E-state index is 12.5. The van der Waals surface area contributed by atoms with E-state index in [0.717, 1.165) is 41.0 Å². The van der Waals surface area contributed by atoms with Crippen molar-refractivity contribution in [2.45, 2.75) is 38.8 Å². The molecule has 2 aromatic carbocycles. The molecule has 0 spiro atoms. The Balaban J connectivity index is 1.50. The zero-order valence-corrected chi connectivity index (χ0v) is 16.1. The number of hydrogen-bond acceptors (Lipinski definition) is 3. The number of ether oxygens (including phenoxy) is 1. The third-order valence-electron chi connectivity index (χ3n) is 5.02. The summed E-state index contributed by atoms with van der Waals surface area (Å²) in [5.74, 6) is 1.00. The van der Waals surface area contributed by atoms with Crippen LogP contribution in [0.15, 0.2) is 59.8 Å². The fourth-order valence-corrected chi connectivity index (χ4v) is 3.80. The van der Waals surface area contributed by atoms with Gasteiger partial charge in [-0.15, -0.1) is 0 Å². The zero-order chi connectivity index (χ0) is 18.8. The lowest BCUT2D eigenvalue weighted by molar-refractivity contribution is -0.116. The van der Waals surface area contributed by atoms with Crippen LogP contribution in [0.3, 0.4) is 0 Å². The Labute approximate surface area is 164 Å². The average molecular weight is 378 g/mol. The number of carbonyl (C=O) groups excluding carboxylic acids is 1. The number of allylic oxidation sites excluding steroid dienone is 1. The van der Waals surface area contributed by atoms with E-state index in [1.54, 1.807) is 0 Å². The van der Waals surface area contributed by atoms with Gasteiger partial charge in [0.2, 0.25) is 0 Å². The third kappa shape index (κ3) is 3.88. The Bertz CT molecular complexity index is 901. The van der Waals surface area contributed by atoms with Crippen LogP contribution in [0.25, 0.3) is 0 Å². The quantitative estimate of drug-likeness (QED) is 0.785. The summed E-state index contributed by atoms with van der Waals surface area (Å²) in [5.41, 5.74) is 5.19. The maximum absolute atomic E-state index is 12.5. The molecule has 0 aromatic heterocycles. The van der Waals surface area contributed by atoms with Crippen LogP contribution in [-0.2, 0) is 11.4 Å². The number of ketones is 1. The molecule has 4 nitrogen and oxygen atoms in total. The lowest BCUT2D eigenvalue weighted by atomic mass is 9.85. The second-order valence-corrected chi connectivity index (χ2v) is 7.45. The van der Waals surface area contributed by atoms with Crippen molar-refractivity contribution in [3.05, 3.63) is 76.5 Å². The highest BCUT2D eigenvalue weighted by atomic mass is 32.1. The summed E-state index contributed by atoms with van der Waals surface area (Å²) in [6, 6.07) is 16.0. The van der Waals surface area contributed by atoms with Gasteiger partial charge in [-0.2, -0.15) is 0 Å². The van der Waals surface area contributed by atoms with Crippen molar-refractivity contribution in [2.24, 2.45) is 0 Å². The molecule has 138 valence electrons. The lowest BCUT2D eigenvalue weighted by Gasteiger charge is -2.33. The molecule has 0 saturated heterocycles. The van der Waals surface area contributed by atoms with Crippen LogP contribution >= 0.6 is 12.2 Å². The van der Waals surface area contributed by atoms with Crippen LogP contribution in [-0.4, -0.2) is 10.9 Å². The first-order valence-corrected chi connectivity index (χ1v) is 9.63. The van der Waals surface area contributed by atoms with Crippen LogP contribution < -0.4 is 15.4 Å². The average Bonchev–Trinajstić information content (AvgIpc) is 2.67. The van der Waals surface area contributed by atoms with Crippen molar-refractivity contribution in [1.29, 1.82) is 0 Å². The molecule has 0 bridgehead atoms. The molecular formula is C22H22N2O2S. The number of Topliss-reactive ketones (excluding diaryl/α,β-unsaturated/α-hetero) is 1. The molecule has 2 aliphatic rings. The maximum Gasteiger partial charge on any atom is 0.171 e. The minimum atomic E-state index is -0.187. The van der Waals surface area contributed by atoms with E-state index < -0.39 is 0 Å². The second-order valence-electron chi connectivity index (χ2n) is 7.04. The fraction of sp³-hybridized carbons (Fsp3) is 0.273. The Hall–Kier alpha value is -2.66. The van der Waals surface area contributed by atoms with Crippen molar-refractivity contribution in [3.8, 4) is 5.75 Å². The Kier molecular flexibility index (Phi) is 4.94. The molecule has 0 radical (unpaired) electrons. The number of hydrogen-bond donors (Lipinski definition) is 2. The van der Waals surface area contributed by atoms with E-state index in [1.165, 1.54) is 5.56 Å². The summed E-state index contributed by atoms with van der Waals surface area (Å²) in [5, 5.41) is 6.98. The van der Waals surface area contributed by atoms with Crippen molar-refractivity contribution in [2.75, 3.05) is 0 Å². The van der Waals surface area contributed by atoms with Gasteiger partial charge in [-0.3, -0.25) is 4.79 Å². The number of carbonyl (C=O) groups is 1. The van der Waals surface area contributed by atoms with Crippen molar-refractivity contribution in [1.82, 2.24) is 10.6 Å². The van der Waals surface area contributed by atoms with E-state index in [0.29, 0.717) is 18.1 Å². The highest BCUT2D eigenvalue weighted by Crippen LogP contribution is 2.34. The molecule has 0 saturated carbocycles. The SMILES string of the molecule is Cc1ccc(COc2ccc(C3NC(=S)NC4=C3C(=O)CCC4)cc2)cc1. The monoisotopic (exact) mass is 378 g/mol. The van der Waals surface area contributed by atoms with E-state index >= 15 is 0 Å². The van der Waals surface area contributed by atoms with Crippen LogP contribution in [0.5, 0.6) is 5.75 Å². The van der Waals surface area contributed by atoms with Crippen LogP contribution in [0, 0.1) is 6.92 Å². The van der Waals surface area contributed by atoms with Gasteiger partial charge in [0.15, 0.2) is 10.9 Å². The molecule has 1 aliphatic heterocycles. The van der Waals surface area contributed by atoms with Crippen LogP contribution in [0.2, 0.25) is 0 Å². The molecule has 1 atom stereocenters. The Morgan fingerprint density at radius 2 is 1.81 bits per heavy atom. The first kappa shape index (κ1) is 17.7. The summed E-state index contributed by atoms with van der Waals surface area (Å²) >= 11 is 5.33. The molecule has 0 amide bonds. The number of benzene rings is 2. The highest BCUT2D eigenvalue weighted by Gasteiger charge is 2.33. The molecular weight excluding hydrogens is 356 g/mol. The van der Waals surface area contributed by atoms with Gasteiger partial charge < -0.3 is 15.4 Å². The van der Waals surface area contributed by atoms with E-state index in [9.17, 15) is 4.79 Å². The van der Waals surface area contributed by atoms with Gasteiger partial charge >= 0.3 is 0 Å². The Morgan fingerprint density at radius 3 is 2.56 bits per heavy atom. The summed E-state index contributed by atoms with van der Waals surface area (Å²) in [6.45, 7) is 2.60. The molecule has 1 unspecified atom stereocenters. The van der Waals surface area contributed by atoms with Crippen LogP contribution in [0.4, 0.5) is 0 Å². The van der Waals surface area contributed by atoms with Crippen molar-refractivity contribution >= 4 is 23.1 Å². The van der Waals surface area contributed by atoms with Crippen LogP contribution in [0.1, 0.15) is 42.0 Å².